The highest BCUT2D eigenvalue weighted by molar-refractivity contribution is 5.99. The lowest BCUT2D eigenvalue weighted by atomic mass is 10.0. The van der Waals surface area contributed by atoms with Crippen molar-refractivity contribution in [3.63, 3.8) is 0 Å². The van der Waals surface area contributed by atoms with Gasteiger partial charge in [-0.3, -0.25) is 14.5 Å². The molecule has 8 nitrogen and oxygen atoms in total. The number of aromatic nitrogens is 1. The Labute approximate surface area is 108 Å². The summed E-state index contributed by atoms with van der Waals surface area (Å²) in [6.45, 7) is 0.333. The molecule has 1 saturated heterocycles. The molecule has 0 spiro atoms. The van der Waals surface area contributed by atoms with Gasteiger partial charge in [0.2, 0.25) is 5.91 Å². The van der Waals surface area contributed by atoms with Gasteiger partial charge in [-0.15, -0.1) is 0 Å². The van der Waals surface area contributed by atoms with Crippen molar-refractivity contribution in [3.8, 4) is 0 Å². The van der Waals surface area contributed by atoms with Crippen molar-refractivity contribution in [1.82, 2.24) is 9.47 Å². The number of pyridine rings is 1. The summed E-state index contributed by atoms with van der Waals surface area (Å²) in [6.07, 6.45) is 0.802. The van der Waals surface area contributed by atoms with Crippen LogP contribution in [0.25, 0.3) is 0 Å². The van der Waals surface area contributed by atoms with Gasteiger partial charge in [-0.05, 0) is 12.5 Å². The Morgan fingerprint density at radius 1 is 1.53 bits per heavy atom. The third-order valence-corrected chi connectivity index (χ3v) is 3.13. The van der Waals surface area contributed by atoms with Gasteiger partial charge in [-0.1, -0.05) is 0 Å². The molecule has 1 fully saturated rings. The number of hydrogen-bond acceptors (Lipinski definition) is 4. The molecular weight excluding hydrogens is 252 g/mol. The number of nitrogens with one attached hydrogen (secondary N) is 1. The molecule has 8 heteroatoms. The minimum atomic E-state index is -1.14. The number of aryl methyl sites for hydroxylation is 1. The molecule has 2 heterocycles. The van der Waals surface area contributed by atoms with Crippen molar-refractivity contribution < 1.29 is 14.7 Å². The van der Waals surface area contributed by atoms with Crippen LogP contribution in [0, 0.1) is 0 Å². The van der Waals surface area contributed by atoms with E-state index >= 15 is 0 Å². The normalized spacial score (nSPS) is 17.7. The molecule has 2 amide bonds. The maximum absolute atomic E-state index is 11.9. The molecule has 0 aromatic carbocycles. The average molecular weight is 266 g/mol. The standard InChI is InChI=1S/C11H14N4O4/c1-14-4-2-6(8(12)10(14)17)13-9(16)7-3-5-15(7)11(18)19/h2,4,7H,3,5,12H2,1H3,(H,13,16)(H,18,19)/t7-/m0/s1. The van der Waals surface area contributed by atoms with E-state index < -0.39 is 23.6 Å². The van der Waals surface area contributed by atoms with Gasteiger partial charge >= 0.3 is 6.09 Å². The minimum Gasteiger partial charge on any atom is -0.465 e. The van der Waals surface area contributed by atoms with Crippen LogP contribution < -0.4 is 16.6 Å². The van der Waals surface area contributed by atoms with Crippen LogP contribution in [0.15, 0.2) is 17.1 Å². The Balaban J connectivity index is 2.14. The molecule has 0 bridgehead atoms. The van der Waals surface area contributed by atoms with Crippen LogP contribution in [0.1, 0.15) is 6.42 Å². The third kappa shape index (κ3) is 2.24. The number of carboxylic acid groups (broad SMARTS) is 1. The highest BCUT2D eigenvalue weighted by Gasteiger charge is 2.37. The van der Waals surface area contributed by atoms with Crippen LogP contribution in [-0.2, 0) is 11.8 Å². The van der Waals surface area contributed by atoms with Crippen LogP contribution in [-0.4, -0.2) is 39.2 Å². The number of amides is 2. The van der Waals surface area contributed by atoms with E-state index in [2.05, 4.69) is 5.32 Å². The molecule has 0 radical (unpaired) electrons. The zero-order chi connectivity index (χ0) is 14.2. The maximum Gasteiger partial charge on any atom is 0.407 e. The summed E-state index contributed by atoms with van der Waals surface area (Å²) in [5.41, 5.74) is 5.32. The first kappa shape index (κ1) is 12.9. The molecule has 4 N–H and O–H groups in total. The Kier molecular flexibility index (Phi) is 3.16. The van der Waals surface area contributed by atoms with Gasteiger partial charge in [0.05, 0.1) is 5.69 Å². The third-order valence-electron chi connectivity index (χ3n) is 3.13. The number of carbonyl (C=O) groups excluding carboxylic acids is 1. The fourth-order valence-electron chi connectivity index (χ4n) is 1.86. The van der Waals surface area contributed by atoms with Gasteiger partial charge in [0.25, 0.3) is 5.56 Å². The smallest absolute Gasteiger partial charge is 0.407 e. The Morgan fingerprint density at radius 3 is 2.74 bits per heavy atom. The molecule has 0 saturated carbocycles. The van der Waals surface area contributed by atoms with Gasteiger partial charge in [0, 0.05) is 19.8 Å². The van der Waals surface area contributed by atoms with Crippen molar-refractivity contribution in [2.24, 2.45) is 7.05 Å². The quantitative estimate of drug-likeness (QED) is 0.676. The summed E-state index contributed by atoms with van der Waals surface area (Å²) < 4.78 is 1.29. The van der Waals surface area contributed by atoms with Gasteiger partial charge in [-0.25, -0.2) is 4.79 Å². The Morgan fingerprint density at radius 2 is 2.21 bits per heavy atom. The summed E-state index contributed by atoms with van der Waals surface area (Å²) in [5.74, 6) is -0.478. The number of rotatable bonds is 2. The van der Waals surface area contributed by atoms with E-state index in [4.69, 9.17) is 10.8 Å². The van der Waals surface area contributed by atoms with E-state index in [9.17, 15) is 14.4 Å². The van der Waals surface area contributed by atoms with Crippen LogP contribution in [0.4, 0.5) is 16.2 Å². The van der Waals surface area contributed by atoms with Crippen molar-refractivity contribution >= 4 is 23.4 Å². The number of nitrogens with zero attached hydrogens (tertiary/aromatic N) is 2. The molecule has 1 aliphatic rings. The van der Waals surface area contributed by atoms with E-state index in [0.717, 1.165) is 4.90 Å². The largest absolute Gasteiger partial charge is 0.465 e. The molecule has 19 heavy (non-hydrogen) atoms. The van der Waals surface area contributed by atoms with Crippen molar-refractivity contribution in [2.75, 3.05) is 17.6 Å². The molecular formula is C11H14N4O4. The van der Waals surface area contributed by atoms with Crippen molar-refractivity contribution in [2.45, 2.75) is 12.5 Å². The second-order valence-electron chi connectivity index (χ2n) is 4.33. The van der Waals surface area contributed by atoms with Crippen LogP contribution >= 0.6 is 0 Å². The van der Waals surface area contributed by atoms with Gasteiger partial charge in [-0.2, -0.15) is 0 Å². The van der Waals surface area contributed by atoms with Crippen molar-refractivity contribution in [3.05, 3.63) is 22.6 Å². The average Bonchev–Trinajstić information content (AvgIpc) is 2.28. The highest BCUT2D eigenvalue weighted by atomic mass is 16.4. The lowest BCUT2D eigenvalue weighted by Crippen LogP contribution is -2.56. The van der Waals surface area contributed by atoms with Crippen LogP contribution in [0.3, 0.4) is 0 Å². The highest BCUT2D eigenvalue weighted by Crippen LogP contribution is 2.20. The SMILES string of the molecule is Cn1ccc(NC(=O)[C@@H]2CCN2C(=O)O)c(N)c1=O. The predicted octanol–water partition coefficient (Wildman–Crippen LogP) is -0.342. The lowest BCUT2D eigenvalue weighted by molar-refractivity contribution is -0.124. The summed E-state index contributed by atoms with van der Waals surface area (Å²) in [4.78, 5) is 35.3. The molecule has 0 unspecified atom stereocenters. The Bertz CT molecular complexity index is 595. The van der Waals surface area contributed by atoms with Crippen LogP contribution in [0.5, 0.6) is 0 Å². The molecule has 0 aliphatic carbocycles. The van der Waals surface area contributed by atoms with Crippen LogP contribution in [0.2, 0.25) is 0 Å². The monoisotopic (exact) mass is 266 g/mol. The molecule has 1 aromatic heterocycles. The first-order chi connectivity index (χ1) is 8.91. The lowest BCUT2D eigenvalue weighted by Gasteiger charge is -2.37. The van der Waals surface area contributed by atoms with E-state index in [-0.39, 0.29) is 11.4 Å². The second-order valence-corrected chi connectivity index (χ2v) is 4.33. The number of likely N-dealkylation sites (tertiary alicyclic amines) is 1. The summed E-state index contributed by atoms with van der Waals surface area (Å²) in [6, 6.07) is 0.777. The number of anilines is 2. The molecule has 1 aromatic rings. The fraction of sp³-hybridized carbons (Fsp3) is 0.364. The second kappa shape index (κ2) is 4.63. The maximum atomic E-state index is 11.9. The molecule has 102 valence electrons. The van der Waals surface area contributed by atoms with Gasteiger partial charge < -0.3 is 20.7 Å². The Hall–Kier alpha value is -2.51. The number of carbonyl (C=O) groups is 2. The zero-order valence-electron chi connectivity index (χ0n) is 10.3. The minimum absolute atomic E-state index is 0.0699. The number of nitrogens with two attached hydrogens (primary N) is 1. The van der Waals surface area contributed by atoms with E-state index in [1.54, 1.807) is 7.05 Å². The predicted molar refractivity (Wildman–Crippen MR) is 67.9 cm³/mol. The van der Waals surface area contributed by atoms with Crippen molar-refractivity contribution in [1.29, 1.82) is 0 Å². The van der Waals surface area contributed by atoms with E-state index in [1.807, 2.05) is 0 Å². The topological polar surface area (TPSA) is 118 Å². The first-order valence-electron chi connectivity index (χ1n) is 5.67. The summed E-state index contributed by atoms with van der Waals surface area (Å²) in [5, 5.41) is 11.3. The van der Waals surface area contributed by atoms with E-state index in [0.29, 0.717) is 13.0 Å². The van der Waals surface area contributed by atoms with Gasteiger partial charge in [0.15, 0.2) is 0 Å². The summed E-state index contributed by atoms with van der Waals surface area (Å²) in [7, 11) is 1.54. The molecule has 1 aliphatic heterocycles. The first-order valence-corrected chi connectivity index (χ1v) is 5.67. The summed E-state index contributed by atoms with van der Waals surface area (Å²) >= 11 is 0. The fourth-order valence-corrected chi connectivity index (χ4v) is 1.86. The molecule has 1 atom stereocenters. The molecule has 2 rings (SSSR count). The van der Waals surface area contributed by atoms with Gasteiger partial charge in [0.1, 0.15) is 11.7 Å². The number of nitrogen functional groups attached to an aromatic ring is 1. The van der Waals surface area contributed by atoms with E-state index in [1.165, 1.54) is 16.8 Å². The zero-order valence-corrected chi connectivity index (χ0v) is 10.3. The number of hydrogen-bond donors (Lipinski definition) is 3.